The fourth-order valence-corrected chi connectivity index (χ4v) is 15.6. The summed E-state index contributed by atoms with van der Waals surface area (Å²) < 4.78 is 32.9. The molecule has 1 unspecified atom stereocenters. The summed E-state index contributed by atoms with van der Waals surface area (Å²) in [6.45, 7) is 11.6. The number of aromatic nitrogens is 3. The minimum Gasteiger partial charge on any atom is -0.455 e. The minimum absolute atomic E-state index is 0.217. The molecule has 74 heavy (non-hydrogen) atoms. The van der Waals surface area contributed by atoms with Gasteiger partial charge in [0.05, 0.1) is 16.7 Å². The van der Waals surface area contributed by atoms with E-state index in [9.17, 15) is 0 Å². The minimum atomic E-state index is -2.43. The first-order chi connectivity index (χ1) is 36.1. The van der Waals surface area contributed by atoms with Crippen LogP contribution < -0.4 is 19.5 Å². The van der Waals surface area contributed by atoms with E-state index in [1.165, 1.54) is 15.9 Å². The van der Waals surface area contributed by atoms with Crippen molar-refractivity contribution in [1.82, 2.24) is 4.57 Å². The molecule has 3 aromatic heterocycles. The van der Waals surface area contributed by atoms with Crippen molar-refractivity contribution in [2.75, 3.05) is 0 Å². The molecule has 2 aliphatic heterocycles. The second kappa shape index (κ2) is 16.5. The normalized spacial score (nSPS) is 14.6. The second-order valence-electron chi connectivity index (χ2n) is 21.4. The molecule has 0 fully saturated rings. The first kappa shape index (κ1) is 44.3. The number of benzene rings is 9. The van der Waals surface area contributed by atoms with Gasteiger partial charge in [-0.1, -0.05) is 184 Å². The molecule has 0 saturated carbocycles. The fraction of sp³-hybridized carbons (Fsp3) is 0.118. The van der Waals surface area contributed by atoms with Crippen molar-refractivity contribution in [2.45, 2.75) is 45.9 Å². The zero-order chi connectivity index (χ0) is 50.0. The van der Waals surface area contributed by atoms with E-state index in [0.29, 0.717) is 11.5 Å². The van der Waals surface area contributed by atoms with Gasteiger partial charge in [-0.05, 0) is 118 Å². The molecule has 356 valence electrons. The molecule has 0 saturated heterocycles. The highest BCUT2D eigenvalue weighted by atomic mass is 28.3. The Kier molecular flexibility index (Phi) is 9.89. The molecule has 5 heterocycles. The van der Waals surface area contributed by atoms with Crippen molar-refractivity contribution in [1.29, 1.82) is 0 Å². The van der Waals surface area contributed by atoms with E-state index in [0.717, 1.165) is 112 Å². The number of rotatable bonds is 8. The van der Waals surface area contributed by atoms with E-state index in [4.69, 9.17) is 4.42 Å². The number of halogens is 1. The van der Waals surface area contributed by atoms with Gasteiger partial charge in [0, 0.05) is 22.0 Å². The summed E-state index contributed by atoms with van der Waals surface area (Å²) in [5.74, 6) is 1.14. The van der Waals surface area contributed by atoms with E-state index < -0.39 is 13.7 Å². The van der Waals surface area contributed by atoms with E-state index in [1.54, 1.807) is 6.07 Å². The van der Waals surface area contributed by atoms with Crippen molar-refractivity contribution >= 4 is 51.4 Å². The topological polar surface area (TPSA) is 25.8 Å². The first-order valence-electron chi connectivity index (χ1n) is 25.9. The molecular formula is C68H54FN3OSi+2. The van der Waals surface area contributed by atoms with Crippen LogP contribution in [0, 0.1) is 18.7 Å². The second-order valence-corrected chi connectivity index (χ2v) is 25.8. The highest BCUT2D eigenvalue weighted by Gasteiger charge is 2.68. The lowest BCUT2D eigenvalue weighted by Gasteiger charge is -2.27. The van der Waals surface area contributed by atoms with E-state index in [1.807, 2.05) is 6.92 Å². The average Bonchev–Trinajstić information content (AvgIpc) is 4.35. The number of nitrogens with zero attached hydrogens (tertiary/aromatic N) is 3. The Bertz CT molecular complexity index is 4220. The molecule has 9 aromatic carbocycles. The Hall–Kier alpha value is -8.45. The summed E-state index contributed by atoms with van der Waals surface area (Å²) in [6.07, 6.45) is 3.34. The van der Waals surface area contributed by atoms with Gasteiger partial charge < -0.3 is 4.42 Å². The summed E-state index contributed by atoms with van der Waals surface area (Å²) in [5, 5.41) is 4.80. The van der Waals surface area contributed by atoms with Gasteiger partial charge in [-0.2, -0.15) is 4.57 Å². The Morgan fingerprint density at radius 2 is 1.20 bits per heavy atom. The van der Waals surface area contributed by atoms with Gasteiger partial charge in [0.25, 0.3) is 0 Å². The molecule has 2 aliphatic rings. The summed E-state index contributed by atoms with van der Waals surface area (Å²) in [7, 11) is -2.43. The molecule has 4 nitrogen and oxygen atoms in total. The molecule has 0 radical (unpaired) electrons. The van der Waals surface area contributed by atoms with E-state index in [2.05, 4.69) is 253 Å². The molecule has 1 atom stereocenters. The van der Waals surface area contributed by atoms with Crippen LogP contribution in [0.1, 0.15) is 36.1 Å². The lowest BCUT2D eigenvalue weighted by molar-refractivity contribution is -0.944. The molecular weight excluding hydrogens is 922 g/mol. The van der Waals surface area contributed by atoms with Gasteiger partial charge in [0.2, 0.25) is 5.69 Å². The molecule has 1 spiro atoms. The number of aryl methyl sites for hydroxylation is 1. The molecule has 0 amide bonds. The third-order valence-electron chi connectivity index (χ3n) is 16.1. The number of hydrogen-bond donors (Lipinski definition) is 0. The smallest absolute Gasteiger partial charge is 0.365 e. The average molecular weight is 976 g/mol. The zero-order valence-electron chi connectivity index (χ0n) is 42.2. The monoisotopic (exact) mass is 975 g/mol. The number of hydrogen-bond acceptors (Lipinski definition) is 1. The number of fused-ring (bicyclic) bond motifs is 16. The predicted molar refractivity (Wildman–Crippen MR) is 303 cm³/mol. The lowest BCUT2D eigenvalue weighted by atomic mass is 9.85. The van der Waals surface area contributed by atoms with Crippen LogP contribution in [0.4, 0.5) is 4.39 Å². The van der Waals surface area contributed by atoms with E-state index in [-0.39, 0.29) is 5.82 Å². The number of furan rings is 1. The summed E-state index contributed by atoms with van der Waals surface area (Å²) in [6, 6.07) is 76.1. The van der Waals surface area contributed by atoms with Crippen molar-refractivity contribution < 1.29 is 17.9 Å². The van der Waals surface area contributed by atoms with Crippen LogP contribution in [0.15, 0.2) is 223 Å². The Morgan fingerprint density at radius 1 is 0.608 bits per heavy atom. The van der Waals surface area contributed by atoms with Crippen molar-refractivity contribution in [2.24, 2.45) is 5.92 Å². The Labute approximate surface area is 431 Å². The highest BCUT2D eigenvalue weighted by Crippen LogP contribution is 2.55. The van der Waals surface area contributed by atoms with Crippen LogP contribution in [-0.2, 0) is 12.1 Å². The van der Waals surface area contributed by atoms with E-state index >= 15 is 4.39 Å². The van der Waals surface area contributed by atoms with Crippen LogP contribution in [-0.4, -0.2) is 12.6 Å². The summed E-state index contributed by atoms with van der Waals surface area (Å²) in [5.41, 5.74) is 16.9. The molecule has 14 rings (SSSR count). The van der Waals surface area contributed by atoms with Crippen molar-refractivity contribution in [3.05, 3.63) is 247 Å². The standard InChI is InChI=1S/C68H54FN3OSi/c1-43(2)36-50-39-60-64-55(37-44(3)38-57(64)69)68(70(60)42-62(50)74(4,5)52-26-16-9-17-27-52)56-41-54(48-24-14-8-15-25-48)63-53-35-32-49(46-22-12-7-13-23-46)40-61(53)73-66(63)65(56)67-71(58-28-18-19-29-59(58)72(67)68)51-33-30-47(31-34-51)45-20-10-6-11-21-45/h6-35,37-43H,36H2,1-5H3/q+2. The lowest BCUT2D eigenvalue weighted by Crippen LogP contribution is -2.73. The van der Waals surface area contributed by atoms with Crippen molar-refractivity contribution in [3.63, 3.8) is 0 Å². The van der Waals surface area contributed by atoms with Crippen LogP contribution in [0.25, 0.3) is 94.7 Å². The number of imidazole rings is 1. The quantitative estimate of drug-likeness (QED) is 0.110. The van der Waals surface area contributed by atoms with Crippen LogP contribution in [0.2, 0.25) is 13.1 Å². The SMILES string of the molecule is Cc1cc(F)c2c(c1)C1(c3cc(-c4ccccc4)c4c(oc5cc(-c6ccccc6)ccc54)c3-c3n(-c4ccc(-c5ccccc5)cc4)c4ccccc4[n+]31)[n+]1cc([Si](C)(C)c3ccccc3)c(CC(C)C)cc1-2. The predicted octanol–water partition coefficient (Wildman–Crippen LogP) is 14.8. The maximum atomic E-state index is 17.9. The molecule has 12 aromatic rings. The number of para-hydroxylation sites is 2. The van der Waals surface area contributed by atoms with Crippen molar-refractivity contribution in [3.8, 4) is 61.7 Å². The largest absolute Gasteiger partial charge is 0.455 e. The van der Waals surface area contributed by atoms with Gasteiger partial charge >= 0.3 is 11.5 Å². The highest BCUT2D eigenvalue weighted by molar-refractivity contribution is 7.00. The third kappa shape index (κ3) is 6.37. The Morgan fingerprint density at radius 3 is 1.89 bits per heavy atom. The van der Waals surface area contributed by atoms with Gasteiger partial charge in [-0.3, -0.25) is 0 Å². The first-order valence-corrected chi connectivity index (χ1v) is 28.9. The molecule has 0 aliphatic carbocycles. The van der Waals surface area contributed by atoms with Gasteiger partial charge in [-0.15, -0.1) is 9.13 Å². The molecule has 6 heteroatoms. The van der Waals surface area contributed by atoms with Gasteiger partial charge in [0.15, 0.2) is 22.8 Å². The zero-order valence-corrected chi connectivity index (χ0v) is 43.2. The van der Waals surface area contributed by atoms with Gasteiger partial charge in [0.1, 0.15) is 30.7 Å². The Balaban J connectivity index is 1.19. The number of pyridine rings is 1. The summed E-state index contributed by atoms with van der Waals surface area (Å²) >= 11 is 0. The van der Waals surface area contributed by atoms with Crippen LogP contribution in [0.3, 0.4) is 0 Å². The van der Waals surface area contributed by atoms with Gasteiger partial charge in [-0.25, -0.2) is 4.39 Å². The third-order valence-corrected chi connectivity index (χ3v) is 19.6. The fourth-order valence-electron chi connectivity index (χ4n) is 12.8. The maximum Gasteiger partial charge on any atom is 0.365 e. The van der Waals surface area contributed by atoms with Crippen LogP contribution >= 0.6 is 0 Å². The maximum absolute atomic E-state index is 17.9. The molecule has 0 N–H and O–H groups in total. The molecule has 0 bridgehead atoms. The summed E-state index contributed by atoms with van der Waals surface area (Å²) in [4.78, 5) is 0. The van der Waals surface area contributed by atoms with Crippen LogP contribution in [0.5, 0.6) is 0 Å².